The molecule has 0 atom stereocenters. The molecule has 0 unspecified atom stereocenters. The highest BCUT2D eigenvalue weighted by Crippen LogP contribution is 2.34. The lowest BCUT2D eigenvalue weighted by molar-refractivity contribution is -0.128. The number of hydrogen-bond acceptors (Lipinski definition) is 2. The normalized spacial score (nSPS) is 11.1. The van der Waals surface area contributed by atoms with Crippen LogP contribution < -0.4 is 10.1 Å². The van der Waals surface area contributed by atoms with Crippen LogP contribution in [0, 0.1) is 6.92 Å². The Balaban J connectivity index is 2.17. The Kier molecular flexibility index (Phi) is 4.99. The molecule has 0 aliphatic heterocycles. The number of benzene rings is 2. The lowest BCUT2D eigenvalue weighted by atomic mass is 10.1. The minimum atomic E-state index is -1.08. The molecule has 1 N–H and O–H groups in total. The Hall–Kier alpha value is -1.71. The van der Waals surface area contributed by atoms with E-state index in [1.165, 1.54) is 0 Å². The molecule has 0 spiro atoms. The van der Waals surface area contributed by atoms with Gasteiger partial charge in [-0.15, -0.1) is 0 Å². The standard InChI is InChI=1S/C17H17Cl2NO2/c1-11-13(18)9-10-14(15(11)19)22-17(2,3)16(21)20-12-7-5-4-6-8-12/h4-10H,1-3H3,(H,20,21). The first-order valence-corrected chi connectivity index (χ1v) is 7.57. The summed E-state index contributed by atoms with van der Waals surface area (Å²) in [6, 6.07) is 12.6. The van der Waals surface area contributed by atoms with E-state index in [1.807, 2.05) is 30.3 Å². The predicted octanol–water partition coefficient (Wildman–Crippen LogP) is 5.10. The lowest BCUT2D eigenvalue weighted by Crippen LogP contribution is -2.42. The summed E-state index contributed by atoms with van der Waals surface area (Å²) in [5, 5.41) is 3.78. The van der Waals surface area contributed by atoms with Crippen LogP contribution in [0.2, 0.25) is 10.0 Å². The topological polar surface area (TPSA) is 38.3 Å². The smallest absolute Gasteiger partial charge is 0.267 e. The van der Waals surface area contributed by atoms with Gasteiger partial charge in [0.2, 0.25) is 0 Å². The summed E-state index contributed by atoms with van der Waals surface area (Å²) in [6.07, 6.45) is 0. The number of hydrogen-bond donors (Lipinski definition) is 1. The molecular formula is C17H17Cl2NO2. The third-order valence-electron chi connectivity index (χ3n) is 3.23. The number of nitrogens with one attached hydrogen (secondary N) is 1. The molecule has 0 aliphatic carbocycles. The van der Waals surface area contributed by atoms with E-state index in [9.17, 15) is 4.79 Å². The van der Waals surface area contributed by atoms with Gasteiger partial charge in [0.25, 0.3) is 5.91 Å². The molecule has 0 heterocycles. The van der Waals surface area contributed by atoms with Crippen molar-refractivity contribution >= 4 is 34.8 Å². The lowest BCUT2D eigenvalue weighted by Gasteiger charge is -2.26. The second-order valence-electron chi connectivity index (χ2n) is 5.42. The van der Waals surface area contributed by atoms with E-state index in [-0.39, 0.29) is 5.91 Å². The van der Waals surface area contributed by atoms with Crippen molar-refractivity contribution in [2.24, 2.45) is 0 Å². The third kappa shape index (κ3) is 3.73. The average Bonchev–Trinajstić information content (AvgIpc) is 2.49. The molecule has 0 saturated heterocycles. The maximum absolute atomic E-state index is 12.4. The van der Waals surface area contributed by atoms with Crippen molar-refractivity contribution in [2.75, 3.05) is 5.32 Å². The van der Waals surface area contributed by atoms with Crippen LogP contribution in [0.15, 0.2) is 42.5 Å². The van der Waals surface area contributed by atoms with Gasteiger partial charge in [0.15, 0.2) is 5.60 Å². The molecule has 0 aromatic heterocycles. The summed E-state index contributed by atoms with van der Waals surface area (Å²) in [7, 11) is 0. The van der Waals surface area contributed by atoms with Crippen molar-refractivity contribution < 1.29 is 9.53 Å². The van der Waals surface area contributed by atoms with E-state index in [4.69, 9.17) is 27.9 Å². The highest BCUT2D eigenvalue weighted by atomic mass is 35.5. The van der Waals surface area contributed by atoms with Crippen LogP contribution in [0.1, 0.15) is 19.4 Å². The Bertz CT molecular complexity index is 685. The van der Waals surface area contributed by atoms with Crippen LogP contribution in [0.4, 0.5) is 5.69 Å². The number of para-hydroxylation sites is 1. The largest absolute Gasteiger partial charge is 0.476 e. The minimum Gasteiger partial charge on any atom is -0.476 e. The highest BCUT2D eigenvalue weighted by Gasteiger charge is 2.31. The number of amides is 1. The maximum Gasteiger partial charge on any atom is 0.267 e. The van der Waals surface area contributed by atoms with Crippen LogP contribution in [-0.2, 0) is 4.79 Å². The highest BCUT2D eigenvalue weighted by molar-refractivity contribution is 6.36. The summed E-state index contributed by atoms with van der Waals surface area (Å²) >= 11 is 12.2. The van der Waals surface area contributed by atoms with Crippen LogP contribution in [0.25, 0.3) is 0 Å². The van der Waals surface area contributed by atoms with Crippen molar-refractivity contribution in [1.29, 1.82) is 0 Å². The van der Waals surface area contributed by atoms with Gasteiger partial charge in [0.1, 0.15) is 5.75 Å². The van der Waals surface area contributed by atoms with Gasteiger partial charge in [0, 0.05) is 10.7 Å². The molecular weight excluding hydrogens is 321 g/mol. The van der Waals surface area contributed by atoms with Crippen LogP contribution >= 0.6 is 23.2 Å². The predicted molar refractivity (Wildman–Crippen MR) is 91.0 cm³/mol. The molecule has 3 nitrogen and oxygen atoms in total. The summed E-state index contributed by atoms with van der Waals surface area (Å²) in [4.78, 5) is 12.4. The summed E-state index contributed by atoms with van der Waals surface area (Å²) in [5.74, 6) is 0.166. The zero-order valence-electron chi connectivity index (χ0n) is 12.6. The first-order valence-electron chi connectivity index (χ1n) is 6.81. The maximum atomic E-state index is 12.4. The van der Waals surface area contributed by atoms with Gasteiger partial charge in [0.05, 0.1) is 5.02 Å². The second kappa shape index (κ2) is 6.59. The zero-order chi connectivity index (χ0) is 16.3. The molecule has 1 amide bonds. The van der Waals surface area contributed by atoms with Crippen molar-refractivity contribution in [3.05, 3.63) is 58.1 Å². The molecule has 2 rings (SSSR count). The Morgan fingerprint density at radius 2 is 1.73 bits per heavy atom. The van der Waals surface area contributed by atoms with Gasteiger partial charge in [-0.25, -0.2) is 0 Å². The van der Waals surface area contributed by atoms with E-state index < -0.39 is 5.60 Å². The molecule has 2 aromatic carbocycles. The number of halogens is 2. The molecule has 116 valence electrons. The molecule has 22 heavy (non-hydrogen) atoms. The number of carbonyl (C=O) groups is 1. The fourth-order valence-corrected chi connectivity index (χ4v) is 2.25. The molecule has 0 saturated carbocycles. The quantitative estimate of drug-likeness (QED) is 0.842. The van der Waals surface area contributed by atoms with Crippen molar-refractivity contribution in [3.8, 4) is 5.75 Å². The molecule has 0 bridgehead atoms. The second-order valence-corrected chi connectivity index (χ2v) is 6.20. The van der Waals surface area contributed by atoms with E-state index >= 15 is 0 Å². The minimum absolute atomic E-state index is 0.262. The number of ether oxygens (including phenoxy) is 1. The van der Waals surface area contributed by atoms with E-state index in [0.717, 1.165) is 5.56 Å². The monoisotopic (exact) mass is 337 g/mol. The fraction of sp³-hybridized carbons (Fsp3) is 0.235. The van der Waals surface area contributed by atoms with Crippen molar-refractivity contribution in [2.45, 2.75) is 26.4 Å². The van der Waals surface area contributed by atoms with Gasteiger partial charge >= 0.3 is 0 Å². The Labute approximate surface area is 140 Å². The molecule has 0 radical (unpaired) electrons. The van der Waals surface area contributed by atoms with Gasteiger partial charge in [-0.1, -0.05) is 41.4 Å². The number of carbonyl (C=O) groups excluding carboxylic acids is 1. The van der Waals surface area contributed by atoms with Gasteiger partial charge < -0.3 is 10.1 Å². The van der Waals surface area contributed by atoms with Crippen molar-refractivity contribution in [3.63, 3.8) is 0 Å². The summed E-state index contributed by atoms with van der Waals surface area (Å²) < 4.78 is 5.80. The zero-order valence-corrected chi connectivity index (χ0v) is 14.1. The van der Waals surface area contributed by atoms with Crippen molar-refractivity contribution in [1.82, 2.24) is 0 Å². The van der Waals surface area contributed by atoms with Gasteiger partial charge in [-0.3, -0.25) is 4.79 Å². The van der Waals surface area contributed by atoms with E-state index in [0.29, 0.717) is 21.5 Å². The molecule has 0 aliphatic rings. The third-order valence-corrected chi connectivity index (χ3v) is 4.11. The Morgan fingerprint density at radius 1 is 1.09 bits per heavy atom. The van der Waals surface area contributed by atoms with E-state index in [1.54, 1.807) is 32.9 Å². The first-order chi connectivity index (χ1) is 10.3. The fourth-order valence-electron chi connectivity index (χ4n) is 1.84. The molecule has 5 heteroatoms. The number of rotatable bonds is 4. The van der Waals surface area contributed by atoms with Crippen LogP contribution in [0.5, 0.6) is 5.75 Å². The van der Waals surface area contributed by atoms with E-state index in [2.05, 4.69) is 5.32 Å². The van der Waals surface area contributed by atoms with Gasteiger partial charge in [-0.2, -0.15) is 0 Å². The first kappa shape index (κ1) is 16.7. The van der Waals surface area contributed by atoms with Crippen LogP contribution in [0.3, 0.4) is 0 Å². The molecule has 0 fully saturated rings. The average molecular weight is 338 g/mol. The summed E-state index contributed by atoms with van der Waals surface area (Å²) in [6.45, 7) is 5.17. The SMILES string of the molecule is Cc1c(Cl)ccc(OC(C)(C)C(=O)Nc2ccccc2)c1Cl. The Morgan fingerprint density at radius 3 is 2.36 bits per heavy atom. The molecule has 2 aromatic rings. The van der Waals surface area contributed by atoms with Crippen LogP contribution in [-0.4, -0.2) is 11.5 Å². The van der Waals surface area contributed by atoms with Gasteiger partial charge in [-0.05, 0) is 50.6 Å². The summed E-state index contributed by atoms with van der Waals surface area (Å²) in [5.41, 5.74) is 0.349. The number of anilines is 1.